The van der Waals surface area contributed by atoms with Gasteiger partial charge in [-0.25, -0.2) is 0 Å². The van der Waals surface area contributed by atoms with Crippen molar-refractivity contribution < 1.29 is 31.9 Å². The van der Waals surface area contributed by atoms with Crippen molar-refractivity contribution in [3.63, 3.8) is 0 Å². The maximum atomic E-state index is 13.5. The number of carbonyl (C=O) groups excluding carboxylic acids is 1. The summed E-state index contributed by atoms with van der Waals surface area (Å²) in [6.07, 6.45) is -5.17. The van der Waals surface area contributed by atoms with Crippen LogP contribution in [0.1, 0.15) is 0 Å². The standard InChI is InChI=1S/C11H13F2O5P/c1-16-19(15,17-2)8-10(14)11(12,13)18-9-6-4-3-5-7-9/h3-7H,8H2,1-2H3. The fraction of sp³-hybridized carbons (Fsp3) is 0.364. The van der Waals surface area contributed by atoms with E-state index in [0.29, 0.717) is 0 Å². The molecule has 0 radical (unpaired) electrons. The molecule has 0 fully saturated rings. The largest absolute Gasteiger partial charge is 0.461 e. The fourth-order valence-electron chi connectivity index (χ4n) is 1.17. The molecule has 0 aliphatic heterocycles. The minimum Gasteiger partial charge on any atom is -0.427 e. The third-order valence-electron chi connectivity index (χ3n) is 2.21. The summed E-state index contributed by atoms with van der Waals surface area (Å²) in [5, 5.41) is 0. The van der Waals surface area contributed by atoms with E-state index in [1.807, 2.05) is 0 Å². The van der Waals surface area contributed by atoms with E-state index in [1.165, 1.54) is 24.3 Å². The zero-order valence-electron chi connectivity index (χ0n) is 10.3. The summed E-state index contributed by atoms with van der Waals surface area (Å²) in [4.78, 5) is 11.4. The minimum absolute atomic E-state index is 0.175. The van der Waals surface area contributed by atoms with Gasteiger partial charge in [-0.15, -0.1) is 0 Å². The number of Topliss-reactive ketones (excluding diaryl/α,β-unsaturated/α-hetero) is 1. The fourth-order valence-corrected chi connectivity index (χ4v) is 2.11. The van der Waals surface area contributed by atoms with Gasteiger partial charge in [0, 0.05) is 14.2 Å². The van der Waals surface area contributed by atoms with Gasteiger partial charge in [0.15, 0.2) is 0 Å². The average molecular weight is 294 g/mol. The molecule has 5 nitrogen and oxygen atoms in total. The van der Waals surface area contributed by atoms with Gasteiger partial charge in [-0.1, -0.05) is 18.2 Å². The van der Waals surface area contributed by atoms with E-state index in [1.54, 1.807) is 6.07 Å². The van der Waals surface area contributed by atoms with Crippen LogP contribution in [0.4, 0.5) is 8.78 Å². The Balaban J connectivity index is 2.77. The summed E-state index contributed by atoms with van der Waals surface area (Å²) in [6, 6.07) is 7.11. The predicted molar refractivity (Wildman–Crippen MR) is 63.5 cm³/mol. The predicted octanol–water partition coefficient (Wildman–Crippen LogP) is 2.71. The number of hydrogen-bond acceptors (Lipinski definition) is 5. The molecule has 106 valence electrons. The summed E-state index contributed by atoms with van der Waals surface area (Å²) in [6.45, 7) is 0. The van der Waals surface area contributed by atoms with Crippen molar-refractivity contribution in [1.29, 1.82) is 0 Å². The monoisotopic (exact) mass is 294 g/mol. The Hall–Kier alpha value is -1.30. The molecule has 0 N–H and O–H groups in total. The van der Waals surface area contributed by atoms with Gasteiger partial charge in [-0.3, -0.25) is 9.36 Å². The maximum Gasteiger partial charge on any atom is 0.461 e. The van der Waals surface area contributed by atoms with Gasteiger partial charge >= 0.3 is 13.7 Å². The number of hydrogen-bond donors (Lipinski definition) is 0. The topological polar surface area (TPSA) is 61.8 Å². The van der Waals surface area contributed by atoms with E-state index in [4.69, 9.17) is 0 Å². The van der Waals surface area contributed by atoms with Crippen LogP contribution in [0.3, 0.4) is 0 Å². The van der Waals surface area contributed by atoms with E-state index < -0.39 is 25.6 Å². The van der Waals surface area contributed by atoms with Gasteiger partial charge in [0.25, 0.3) is 5.78 Å². The zero-order chi connectivity index (χ0) is 14.5. The highest BCUT2D eigenvalue weighted by atomic mass is 31.2. The molecule has 0 aliphatic carbocycles. The minimum atomic E-state index is -4.10. The number of halogens is 2. The van der Waals surface area contributed by atoms with E-state index in [-0.39, 0.29) is 5.75 Å². The van der Waals surface area contributed by atoms with Crippen molar-refractivity contribution in [2.75, 3.05) is 20.4 Å². The first-order chi connectivity index (χ1) is 8.83. The summed E-state index contributed by atoms with van der Waals surface area (Å²) < 4.78 is 51.7. The molecule has 0 unspecified atom stereocenters. The second kappa shape index (κ2) is 6.23. The average Bonchev–Trinajstić information content (AvgIpc) is 2.39. The number of rotatable bonds is 7. The van der Waals surface area contributed by atoms with Gasteiger partial charge < -0.3 is 13.8 Å². The Morgan fingerprint density at radius 3 is 2.21 bits per heavy atom. The summed E-state index contributed by atoms with van der Waals surface area (Å²) in [7, 11) is -1.83. The molecule has 0 atom stereocenters. The molecular weight excluding hydrogens is 281 g/mol. The molecule has 8 heteroatoms. The summed E-state index contributed by atoms with van der Waals surface area (Å²) in [5.74, 6) is -1.85. The smallest absolute Gasteiger partial charge is 0.427 e. The molecule has 1 aromatic carbocycles. The number of alkyl halides is 2. The highest BCUT2D eigenvalue weighted by molar-refractivity contribution is 7.54. The molecule has 0 spiro atoms. The second-order valence-corrected chi connectivity index (χ2v) is 5.76. The van der Waals surface area contributed by atoms with Crippen LogP contribution in [0.2, 0.25) is 0 Å². The van der Waals surface area contributed by atoms with Crippen LogP contribution in [0.15, 0.2) is 30.3 Å². The number of benzene rings is 1. The molecule has 19 heavy (non-hydrogen) atoms. The van der Waals surface area contributed by atoms with Crippen molar-refractivity contribution >= 4 is 13.4 Å². The van der Waals surface area contributed by atoms with Crippen molar-refractivity contribution in [2.45, 2.75) is 6.11 Å². The second-order valence-electron chi connectivity index (χ2n) is 3.49. The lowest BCUT2D eigenvalue weighted by molar-refractivity contribution is -0.188. The maximum absolute atomic E-state index is 13.5. The van der Waals surface area contributed by atoms with Gasteiger partial charge in [0.05, 0.1) is 0 Å². The summed E-state index contributed by atoms with van der Waals surface area (Å²) in [5.41, 5.74) is 0. The number of para-hydroxylation sites is 1. The lowest BCUT2D eigenvalue weighted by Gasteiger charge is -2.19. The zero-order valence-corrected chi connectivity index (χ0v) is 11.2. The molecule has 1 aromatic rings. The van der Waals surface area contributed by atoms with Crippen LogP contribution in [0.5, 0.6) is 5.75 Å². The lowest BCUT2D eigenvalue weighted by atomic mass is 10.3. The van der Waals surface area contributed by atoms with Crippen molar-refractivity contribution in [2.24, 2.45) is 0 Å². The van der Waals surface area contributed by atoms with Gasteiger partial charge in [0.2, 0.25) is 0 Å². The van der Waals surface area contributed by atoms with Crippen LogP contribution in [-0.4, -0.2) is 32.3 Å². The lowest BCUT2D eigenvalue weighted by Crippen LogP contribution is -2.37. The quantitative estimate of drug-likeness (QED) is 0.724. The van der Waals surface area contributed by atoms with E-state index in [0.717, 1.165) is 14.2 Å². The Kier molecular flexibility index (Phi) is 5.17. The van der Waals surface area contributed by atoms with Gasteiger partial charge in [-0.2, -0.15) is 8.78 Å². The van der Waals surface area contributed by atoms with Gasteiger partial charge in [-0.05, 0) is 12.1 Å². The molecular formula is C11H13F2O5P. The molecule has 0 heterocycles. The van der Waals surface area contributed by atoms with Gasteiger partial charge in [0.1, 0.15) is 11.9 Å². The van der Waals surface area contributed by atoms with Crippen LogP contribution in [0, 0.1) is 0 Å². The Morgan fingerprint density at radius 1 is 1.21 bits per heavy atom. The normalized spacial score (nSPS) is 12.2. The molecule has 1 rings (SSSR count). The first-order valence-electron chi connectivity index (χ1n) is 5.19. The molecule has 0 saturated heterocycles. The van der Waals surface area contributed by atoms with E-state index in [2.05, 4.69) is 13.8 Å². The summed E-state index contributed by atoms with van der Waals surface area (Å²) >= 11 is 0. The van der Waals surface area contributed by atoms with E-state index >= 15 is 0 Å². The molecule has 0 bridgehead atoms. The number of ether oxygens (including phenoxy) is 1. The van der Waals surface area contributed by atoms with Crippen LogP contribution in [0.25, 0.3) is 0 Å². The Labute approximate surface area is 109 Å². The molecule has 0 saturated carbocycles. The van der Waals surface area contributed by atoms with Crippen LogP contribution < -0.4 is 4.74 Å². The number of carbonyl (C=O) groups is 1. The highest BCUT2D eigenvalue weighted by Crippen LogP contribution is 2.47. The van der Waals surface area contributed by atoms with Crippen molar-refractivity contribution in [3.05, 3.63) is 30.3 Å². The molecule has 0 amide bonds. The third kappa shape index (κ3) is 4.38. The Bertz CT molecular complexity index is 469. The first-order valence-corrected chi connectivity index (χ1v) is 6.91. The van der Waals surface area contributed by atoms with Crippen LogP contribution in [-0.2, 0) is 18.4 Å². The highest BCUT2D eigenvalue weighted by Gasteiger charge is 2.45. The third-order valence-corrected chi connectivity index (χ3v) is 3.99. The molecule has 0 aromatic heterocycles. The van der Waals surface area contributed by atoms with Crippen LogP contribution >= 0.6 is 7.60 Å². The van der Waals surface area contributed by atoms with Crippen molar-refractivity contribution in [1.82, 2.24) is 0 Å². The SMILES string of the molecule is COP(=O)(CC(=O)C(F)(F)Oc1ccccc1)OC. The van der Waals surface area contributed by atoms with Crippen molar-refractivity contribution in [3.8, 4) is 5.75 Å². The first kappa shape index (κ1) is 15.8. The molecule has 0 aliphatic rings. The van der Waals surface area contributed by atoms with E-state index in [9.17, 15) is 18.1 Å². The Morgan fingerprint density at radius 2 is 1.74 bits per heavy atom. The number of ketones is 1.